The number of likely N-dealkylation sites (N-methyl/N-ethyl adjacent to an activating group) is 1. The second kappa shape index (κ2) is 7.90. The summed E-state index contributed by atoms with van der Waals surface area (Å²) in [5.74, 6) is 0. The van der Waals surface area contributed by atoms with Gasteiger partial charge in [0, 0.05) is 52.2 Å². The second-order valence-corrected chi connectivity index (χ2v) is 5.78. The van der Waals surface area contributed by atoms with E-state index in [1.807, 2.05) is 29.6 Å². The average Bonchev–Trinajstić information content (AvgIpc) is 2.34. The van der Waals surface area contributed by atoms with Gasteiger partial charge in [-0.05, 0) is 29.6 Å². The number of halogens is 1. The Bertz CT molecular complexity index is 293. The molecule has 18 heavy (non-hydrogen) atoms. The van der Waals surface area contributed by atoms with Crippen LogP contribution in [0, 0.1) is 0 Å². The summed E-state index contributed by atoms with van der Waals surface area (Å²) in [5.41, 5.74) is 5.23. The lowest BCUT2D eigenvalue weighted by molar-refractivity contribution is -0.109. The Kier molecular flexibility index (Phi) is 6.87. The van der Waals surface area contributed by atoms with Crippen LogP contribution >= 0.6 is 22.6 Å². The number of carbonyl (C=O) groups excluding carboxylic acids is 2. The van der Waals surface area contributed by atoms with E-state index in [0.717, 1.165) is 32.7 Å². The zero-order valence-electron chi connectivity index (χ0n) is 10.8. The van der Waals surface area contributed by atoms with Crippen molar-refractivity contribution in [3.63, 3.8) is 0 Å². The number of urea groups is 1. The molecule has 1 aliphatic heterocycles. The van der Waals surface area contributed by atoms with Gasteiger partial charge in [0.05, 0.1) is 0 Å². The lowest BCUT2D eigenvalue weighted by Gasteiger charge is -2.34. The first-order valence-electron chi connectivity index (χ1n) is 6.12. The second-order valence-electron chi connectivity index (χ2n) is 4.58. The summed E-state index contributed by atoms with van der Waals surface area (Å²) in [7, 11) is 2.03. The summed E-state index contributed by atoms with van der Waals surface area (Å²) >= 11 is 1.83. The number of hydrogen-bond acceptors (Lipinski definition) is 4. The van der Waals surface area contributed by atoms with Gasteiger partial charge in [0.15, 0.2) is 3.79 Å². The van der Waals surface area contributed by atoms with Crippen LogP contribution in [0.25, 0.3) is 0 Å². The van der Waals surface area contributed by atoms with Crippen LogP contribution in [-0.2, 0) is 4.79 Å². The third-order valence-electron chi connectivity index (χ3n) is 3.17. The molecule has 0 aromatic heterocycles. The van der Waals surface area contributed by atoms with E-state index in [4.69, 9.17) is 5.73 Å². The van der Waals surface area contributed by atoms with Crippen LogP contribution in [0.3, 0.4) is 0 Å². The van der Waals surface area contributed by atoms with E-state index < -0.39 is 0 Å². The number of nitrogens with two attached hydrogens (primary N) is 1. The van der Waals surface area contributed by atoms with Crippen LogP contribution in [0.1, 0.15) is 6.42 Å². The molecule has 0 aromatic carbocycles. The highest BCUT2D eigenvalue weighted by Gasteiger charge is 2.18. The lowest BCUT2D eigenvalue weighted by atomic mass is 10.3. The number of carbonyl (C=O) groups is 2. The molecule has 0 unspecified atom stereocenters. The molecule has 2 N–H and O–H groups in total. The van der Waals surface area contributed by atoms with Gasteiger partial charge in [-0.2, -0.15) is 0 Å². The van der Waals surface area contributed by atoms with Crippen molar-refractivity contribution in [2.75, 3.05) is 52.9 Å². The van der Waals surface area contributed by atoms with Crippen LogP contribution in [0.5, 0.6) is 0 Å². The summed E-state index contributed by atoms with van der Waals surface area (Å²) in [4.78, 5) is 28.0. The van der Waals surface area contributed by atoms with Gasteiger partial charge in [-0.15, -0.1) is 0 Å². The lowest BCUT2D eigenvalue weighted by Crippen LogP contribution is -2.51. The fraction of sp³-hybridized carbons (Fsp3) is 0.818. The van der Waals surface area contributed by atoms with E-state index in [9.17, 15) is 9.59 Å². The first kappa shape index (κ1) is 15.6. The quantitative estimate of drug-likeness (QED) is 0.528. The van der Waals surface area contributed by atoms with E-state index in [0.29, 0.717) is 19.5 Å². The van der Waals surface area contributed by atoms with Gasteiger partial charge < -0.3 is 15.5 Å². The molecule has 1 rings (SSSR count). The van der Waals surface area contributed by atoms with E-state index in [-0.39, 0.29) is 9.82 Å². The predicted molar refractivity (Wildman–Crippen MR) is 78.7 cm³/mol. The van der Waals surface area contributed by atoms with Crippen molar-refractivity contribution in [1.29, 1.82) is 0 Å². The molecular formula is C11H21IN4O2. The van der Waals surface area contributed by atoms with Gasteiger partial charge in [0.25, 0.3) is 0 Å². The molecule has 1 aliphatic rings. The molecule has 2 amide bonds. The first-order chi connectivity index (χ1) is 8.49. The summed E-state index contributed by atoms with van der Waals surface area (Å²) in [6.07, 6.45) is 0.604. The standard InChI is InChI=1S/C11H21IN4O2/c1-14(3-2-10(12)17)4-5-15-6-8-16(9-7-15)11(13)18/h2-9H2,1H3,(H2,13,18). The minimum atomic E-state index is -0.327. The van der Waals surface area contributed by atoms with Gasteiger partial charge in [-0.3, -0.25) is 9.69 Å². The molecule has 104 valence electrons. The van der Waals surface area contributed by atoms with Crippen LogP contribution in [0.4, 0.5) is 4.79 Å². The van der Waals surface area contributed by atoms with Crippen LogP contribution in [0.15, 0.2) is 0 Å². The minimum Gasteiger partial charge on any atom is -0.351 e. The molecule has 0 aliphatic carbocycles. The van der Waals surface area contributed by atoms with Gasteiger partial charge >= 0.3 is 6.03 Å². The normalized spacial score (nSPS) is 17.2. The Labute approximate surface area is 122 Å². The molecular weight excluding hydrogens is 347 g/mol. The number of hydrogen-bond donors (Lipinski definition) is 1. The predicted octanol–water partition coefficient (Wildman–Crippen LogP) is -0.0338. The number of nitrogens with zero attached hydrogens (tertiary/aromatic N) is 3. The summed E-state index contributed by atoms with van der Waals surface area (Å²) in [6, 6.07) is -0.327. The highest BCUT2D eigenvalue weighted by atomic mass is 127. The monoisotopic (exact) mass is 368 g/mol. The van der Waals surface area contributed by atoms with E-state index >= 15 is 0 Å². The molecule has 0 spiro atoms. The highest BCUT2D eigenvalue weighted by Crippen LogP contribution is 2.02. The molecule has 0 saturated carbocycles. The topological polar surface area (TPSA) is 69.9 Å². The number of rotatable bonds is 6. The summed E-state index contributed by atoms with van der Waals surface area (Å²) < 4.78 is 0.203. The highest BCUT2D eigenvalue weighted by molar-refractivity contribution is 14.1. The Morgan fingerprint density at radius 1 is 1.22 bits per heavy atom. The fourth-order valence-electron chi connectivity index (χ4n) is 1.89. The molecule has 0 bridgehead atoms. The maximum atomic E-state index is 11.0. The van der Waals surface area contributed by atoms with Crippen molar-refractivity contribution in [3.8, 4) is 0 Å². The molecule has 0 atom stereocenters. The Morgan fingerprint density at radius 2 is 1.83 bits per heavy atom. The van der Waals surface area contributed by atoms with Gasteiger partial charge in [0.1, 0.15) is 0 Å². The third kappa shape index (κ3) is 5.96. The smallest absolute Gasteiger partial charge is 0.314 e. The molecule has 1 heterocycles. The van der Waals surface area contributed by atoms with Crippen LogP contribution in [0.2, 0.25) is 0 Å². The number of amides is 2. The van der Waals surface area contributed by atoms with Crippen molar-refractivity contribution >= 4 is 32.4 Å². The number of primary amides is 1. The zero-order valence-corrected chi connectivity index (χ0v) is 12.9. The van der Waals surface area contributed by atoms with E-state index in [1.54, 1.807) is 4.90 Å². The van der Waals surface area contributed by atoms with Crippen molar-refractivity contribution in [2.45, 2.75) is 6.42 Å². The Morgan fingerprint density at radius 3 is 2.33 bits per heavy atom. The average molecular weight is 368 g/mol. The van der Waals surface area contributed by atoms with Crippen molar-refractivity contribution in [2.24, 2.45) is 5.73 Å². The maximum Gasteiger partial charge on any atom is 0.314 e. The van der Waals surface area contributed by atoms with Gasteiger partial charge in [-0.25, -0.2) is 4.79 Å². The molecule has 6 nitrogen and oxygen atoms in total. The Balaban J connectivity index is 2.13. The van der Waals surface area contributed by atoms with Crippen molar-refractivity contribution in [1.82, 2.24) is 14.7 Å². The van der Waals surface area contributed by atoms with Crippen molar-refractivity contribution < 1.29 is 9.59 Å². The van der Waals surface area contributed by atoms with E-state index in [1.165, 1.54) is 0 Å². The fourth-order valence-corrected chi connectivity index (χ4v) is 2.14. The van der Waals surface area contributed by atoms with Gasteiger partial charge in [-0.1, -0.05) is 0 Å². The largest absolute Gasteiger partial charge is 0.351 e. The molecule has 0 radical (unpaired) electrons. The van der Waals surface area contributed by atoms with Gasteiger partial charge in [0.2, 0.25) is 0 Å². The number of piperazine rings is 1. The molecule has 7 heteroatoms. The summed E-state index contributed by atoms with van der Waals surface area (Å²) in [6.45, 7) is 5.91. The van der Waals surface area contributed by atoms with Crippen molar-refractivity contribution in [3.05, 3.63) is 0 Å². The maximum absolute atomic E-state index is 11.0. The molecule has 1 saturated heterocycles. The SMILES string of the molecule is CN(CCC(=O)I)CCN1CCN(C(N)=O)CC1. The summed E-state index contributed by atoms with van der Waals surface area (Å²) in [5, 5.41) is 0. The molecule has 0 aromatic rings. The minimum absolute atomic E-state index is 0.203. The van der Waals surface area contributed by atoms with E-state index in [2.05, 4.69) is 9.80 Å². The molecule has 1 fully saturated rings. The zero-order chi connectivity index (χ0) is 13.5. The van der Waals surface area contributed by atoms with Crippen LogP contribution in [-0.4, -0.2) is 77.4 Å². The van der Waals surface area contributed by atoms with Crippen LogP contribution < -0.4 is 5.73 Å². The first-order valence-corrected chi connectivity index (χ1v) is 7.20. The third-order valence-corrected chi connectivity index (χ3v) is 3.71. The Hall–Kier alpha value is -0.410.